The number of likely N-dealkylation sites (tertiary alicyclic amines) is 1. The van der Waals surface area contributed by atoms with Crippen LogP contribution in [0.5, 0.6) is 5.88 Å². The van der Waals surface area contributed by atoms with Gasteiger partial charge in [0.15, 0.2) is 0 Å². The number of hydrogen-bond donors (Lipinski definition) is 0. The third-order valence-corrected chi connectivity index (χ3v) is 3.54. The minimum Gasteiger partial charge on any atom is -0.471 e. The zero-order chi connectivity index (χ0) is 14.5. The second kappa shape index (κ2) is 6.39. The molecule has 3 rings (SSSR count). The van der Waals surface area contributed by atoms with Gasteiger partial charge in [0.25, 0.3) is 0 Å². The highest BCUT2D eigenvalue weighted by atomic mass is 16.5. The van der Waals surface area contributed by atoms with Gasteiger partial charge < -0.3 is 14.2 Å². The maximum Gasteiger partial charge on any atom is 0.242 e. The molecule has 0 aliphatic carbocycles. The van der Waals surface area contributed by atoms with E-state index >= 15 is 0 Å². The number of ether oxygens (including phenoxy) is 1. The molecule has 110 valence electrons. The highest BCUT2D eigenvalue weighted by Crippen LogP contribution is 2.16. The molecule has 1 aliphatic rings. The molecule has 1 amide bonds. The van der Waals surface area contributed by atoms with E-state index in [9.17, 15) is 4.79 Å². The fourth-order valence-electron chi connectivity index (χ4n) is 2.51. The van der Waals surface area contributed by atoms with Gasteiger partial charge in [-0.15, -0.1) is 0 Å². The van der Waals surface area contributed by atoms with Crippen LogP contribution in [0.4, 0.5) is 0 Å². The van der Waals surface area contributed by atoms with Gasteiger partial charge in [0, 0.05) is 31.3 Å². The average molecular weight is 286 g/mol. The number of aromatic nitrogens is 3. The molecule has 0 aromatic carbocycles. The average Bonchev–Trinajstić information content (AvgIpc) is 3.01. The first-order valence-corrected chi connectivity index (χ1v) is 7.12. The second-order valence-electron chi connectivity index (χ2n) is 5.12. The van der Waals surface area contributed by atoms with E-state index in [1.165, 1.54) is 0 Å². The molecule has 2 aromatic rings. The number of nitrogens with zero attached hydrogens (tertiary/aromatic N) is 4. The Morgan fingerprint density at radius 3 is 2.95 bits per heavy atom. The Bertz CT molecular complexity index is 571. The smallest absolute Gasteiger partial charge is 0.242 e. The summed E-state index contributed by atoms with van der Waals surface area (Å²) in [6.07, 6.45) is 10.5. The molecule has 21 heavy (non-hydrogen) atoms. The van der Waals surface area contributed by atoms with Crippen molar-refractivity contribution in [3.8, 4) is 5.88 Å². The molecule has 1 atom stereocenters. The van der Waals surface area contributed by atoms with Crippen LogP contribution in [0.2, 0.25) is 0 Å². The highest BCUT2D eigenvalue weighted by molar-refractivity contribution is 5.76. The van der Waals surface area contributed by atoms with Gasteiger partial charge in [-0.1, -0.05) is 0 Å². The van der Waals surface area contributed by atoms with Gasteiger partial charge in [-0.25, -0.2) is 4.98 Å². The van der Waals surface area contributed by atoms with Crippen molar-refractivity contribution in [2.75, 3.05) is 13.1 Å². The summed E-state index contributed by atoms with van der Waals surface area (Å²) in [6, 6.07) is 3.84. The van der Waals surface area contributed by atoms with Crippen molar-refractivity contribution < 1.29 is 9.53 Å². The van der Waals surface area contributed by atoms with E-state index in [2.05, 4.69) is 9.97 Å². The lowest BCUT2D eigenvalue weighted by Gasteiger charge is -2.32. The van der Waals surface area contributed by atoms with Gasteiger partial charge in [-0.05, 0) is 25.0 Å². The molecule has 6 nitrogen and oxygen atoms in total. The molecule has 6 heteroatoms. The predicted molar refractivity (Wildman–Crippen MR) is 76.7 cm³/mol. The topological polar surface area (TPSA) is 60.2 Å². The van der Waals surface area contributed by atoms with Crippen molar-refractivity contribution in [3.63, 3.8) is 0 Å². The van der Waals surface area contributed by atoms with E-state index in [4.69, 9.17) is 4.74 Å². The van der Waals surface area contributed by atoms with Crippen molar-refractivity contribution in [1.29, 1.82) is 0 Å². The molecule has 1 saturated heterocycles. The molecular weight excluding hydrogens is 268 g/mol. The van der Waals surface area contributed by atoms with E-state index in [0.29, 0.717) is 19.0 Å². The standard InChI is InChI=1S/C15H18N4O2/c20-15(12-18-7-1-2-8-18)19-9-3-4-13(11-19)21-14-10-16-5-6-17-14/h1-2,5-8,10,13H,3-4,9,11-12H2. The number of piperidine rings is 1. The fraction of sp³-hybridized carbons (Fsp3) is 0.400. The summed E-state index contributed by atoms with van der Waals surface area (Å²) in [5, 5.41) is 0. The van der Waals surface area contributed by atoms with Crippen LogP contribution >= 0.6 is 0 Å². The Kier molecular flexibility index (Phi) is 4.14. The Morgan fingerprint density at radius 2 is 2.19 bits per heavy atom. The number of rotatable bonds is 4. The highest BCUT2D eigenvalue weighted by Gasteiger charge is 2.25. The molecule has 0 saturated carbocycles. The quantitative estimate of drug-likeness (QED) is 0.851. The molecule has 1 unspecified atom stereocenters. The molecule has 3 heterocycles. The number of carbonyl (C=O) groups excluding carboxylic acids is 1. The van der Waals surface area contributed by atoms with Crippen molar-refractivity contribution in [1.82, 2.24) is 19.4 Å². The van der Waals surface area contributed by atoms with E-state index < -0.39 is 0 Å². The van der Waals surface area contributed by atoms with E-state index in [0.717, 1.165) is 19.4 Å². The molecular formula is C15H18N4O2. The summed E-state index contributed by atoms with van der Waals surface area (Å²) in [5.74, 6) is 0.640. The summed E-state index contributed by atoms with van der Waals surface area (Å²) in [4.78, 5) is 22.2. The van der Waals surface area contributed by atoms with Crippen LogP contribution in [0.15, 0.2) is 43.1 Å². The zero-order valence-corrected chi connectivity index (χ0v) is 11.8. The van der Waals surface area contributed by atoms with Crippen molar-refractivity contribution in [3.05, 3.63) is 43.1 Å². The Hall–Kier alpha value is -2.37. The monoisotopic (exact) mass is 286 g/mol. The zero-order valence-electron chi connectivity index (χ0n) is 11.8. The van der Waals surface area contributed by atoms with Gasteiger partial charge in [-0.3, -0.25) is 9.78 Å². The Labute approximate surface area is 123 Å². The molecule has 0 spiro atoms. The summed E-state index contributed by atoms with van der Waals surface area (Å²) in [5.41, 5.74) is 0. The van der Waals surface area contributed by atoms with E-state index in [-0.39, 0.29) is 12.0 Å². The third kappa shape index (κ3) is 3.59. The first-order valence-electron chi connectivity index (χ1n) is 7.12. The molecule has 1 aliphatic heterocycles. The van der Waals surface area contributed by atoms with Crippen LogP contribution in [-0.4, -0.2) is 44.5 Å². The van der Waals surface area contributed by atoms with Crippen LogP contribution in [0.25, 0.3) is 0 Å². The number of amides is 1. The fourth-order valence-corrected chi connectivity index (χ4v) is 2.51. The van der Waals surface area contributed by atoms with Crippen LogP contribution < -0.4 is 4.74 Å². The van der Waals surface area contributed by atoms with Gasteiger partial charge in [0.05, 0.1) is 12.7 Å². The van der Waals surface area contributed by atoms with Crippen molar-refractivity contribution in [2.45, 2.75) is 25.5 Å². The van der Waals surface area contributed by atoms with Gasteiger partial charge in [-0.2, -0.15) is 0 Å². The second-order valence-corrected chi connectivity index (χ2v) is 5.12. The summed E-state index contributed by atoms with van der Waals surface area (Å²) in [7, 11) is 0. The van der Waals surface area contributed by atoms with Crippen molar-refractivity contribution in [2.24, 2.45) is 0 Å². The summed E-state index contributed by atoms with van der Waals surface area (Å²) in [6.45, 7) is 1.78. The van der Waals surface area contributed by atoms with Crippen LogP contribution in [0, 0.1) is 0 Å². The van der Waals surface area contributed by atoms with Gasteiger partial charge in [0.2, 0.25) is 11.8 Å². The first kappa shape index (κ1) is 13.6. The van der Waals surface area contributed by atoms with Crippen LogP contribution in [0.3, 0.4) is 0 Å². The lowest BCUT2D eigenvalue weighted by molar-refractivity contribution is -0.134. The van der Waals surface area contributed by atoms with Crippen molar-refractivity contribution >= 4 is 5.91 Å². The summed E-state index contributed by atoms with van der Waals surface area (Å²) < 4.78 is 7.68. The maximum absolute atomic E-state index is 12.3. The predicted octanol–water partition coefficient (Wildman–Crippen LogP) is 1.35. The largest absolute Gasteiger partial charge is 0.471 e. The van der Waals surface area contributed by atoms with Crippen LogP contribution in [-0.2, 0) is 11.3 Å². The Morgan fingerprint density at radius 1 is 1.33 bits per heavy atom. The Balaban J connectivity index is 1.56. The van der Waals surface area contributed by atoms with E-state index in [1.807, 2.05) is 34.0 Å². The van der Waals surface area contributed by atoms with Gasteiger partial charge >= 0.3 is 0 Å². The van der Waals surface area contributed by atoms with Crippen LogP contribution in [0.1, 0.15) is 12.8 Å². The third-order valence-electron chi connectivity index (χ3n) is 3.54. The SMILES string of the molecule is O=C(Cn1cccc1)N1CCCC(Oc2cnccn2)C1. The molecule has 0 N–H and O–H groups in total. The normalized spacial score (nSPS) is 18.5. The summed E-state index contributed by atoms with van der Waals surface area (Å²) >= 11 is 0. The molecule has 0 radical (unpaired) electrons. The minimum absolute atomic E-state index is 0.0101. The molecule has 0 bridgehead atoms. The lowest BCUT2D eigenvalue weighted by Crippen LogP contribution is -2.45. The molecule has 2 aromatic heterocycles. The molecule has 1 fully saturated rings. The van der Waals surface area contributed by atoms with E-state index in [1.54, 1.807) is 18.6 Å². The lowest BCUT2D eigenvalue weighted by atomic mass is 10.1. The number of carbonyl (C=O) groups is 1. The number of hydrogen-bond acceptors (Lipinski definition) is 4. The maximum atomic E-state index is 12.3. The minimum atomic E-state index is -0.0101. The first-order chi connectivity index (χ1) is 10.3. The van der Waals surface area contributed by atoms with Gasteiger partial charge in [0.1, 0.15) is 12.6 Å².